The molecule has 0 heterocycles. The molecule has 0 aromatic carbocycles. The minimum Gasteiger partial charge on any atom is -0.649 e. The van der Waals surface area contributed by atoms with E-state index in [1.54, 1.807) is 0 Å². The molecule has 0 saturated carbocycles. The third kappa shape index (κ3) is 12.0. The summed E-state index contributed by atoms with van der Waals surface area (Å²) < 4.78 is 20.7. The molecule has 0 spiro atoms. The quantitative estimate of drug-likeness (QED) is 0.291. The fourth-order valence-electron chi connectivity index (χ4n) is 0.380. The van der Waals surface area contributed by atoms with Crippen LogP contribution in [0.3, 0.4) is 0 Å². The molecule has 0 radical (unpaired) electrons. The third-order valence-corrected chi connectivity index (χ3v) is 2.18. The van der Waals surface area contributed by atoms with E-state index in [9.17, 15) is 8.42 Å². The van der Waals surface area contributed by atoms with Crippen LogP contribution in [0.5, 0.6) is 0 Å². The summed E-state index contributed by atoms with van der Waals surface area (Å²) in [5.41, 5.74) is 0. The smallest absolute Gasteiger partial charge is 0.649 e. The van der Waals surface area contributed by atoms with Crippen LogP contribution >= 0.6 is 0 Å². The first-order valence-electron chi connectivity index (χ1n) is 2.85. The van der Waals surface area contributed by atoms with Crippen LogP contribution in [0.25, 0.3) is 0 Å². The molecule has 0 rings (SSSR count). The summed E-state index contributed by atoms with van der Waals surface area (Å²) in [7, 11) is -3.14. The minimum atomic E-state index is -3.14. The standard InChI is InChI=1S/C5H12O2S2.Na/c1-5(2)3-4-9(6,7)8;/h5H,3-4H2,1-2H3,(H,6,7,8);/q;+1/p-1. The van der Waals surface area contributed by atoms with Gasteiger partial charge in [0, 0.05) is 14.6 Å². The molecule has 0 atom stereocenters. The Hall–Kier alpha value is 1.30. The molecule has 0 bridgehead atoms. The molecule has 0 aliphatic carbocycles. The van der Waals surface area contributed by atoms with Crippen LogP contribution < -0.4 is 29.6 Å². The van der Waals surface area contributed by atoms with Crippen molar-refractivity contribution in [3.05, 3.63) is 0 Å². The van der Waals surface area contributed by atoms with Gasteiger partial charge in [0.1, 0.15) is 0 Å². The number of rotatable bonds is 3. The summed E-state index contributed by atoms with van der Waals surface area (Å²) in [6.07, 6.45) is 0.672. The van der Waals surface area contributed by atoms with E-state index in [0.717, 1.165) is 0 Å². The molecule has 5 heteroatoms. The maximum absolute atomic E-state index is 10.4. The molecule has 10 heavy (non-hydrogen) atoms. The van der Waals surface area contributed by atoms with Crippen LogP contribution in [0.1, 0.15) is 20.3 Å². The Morgan fingerprint density at radius 2 is 1.80 bits per heavy atom. The maximum atomic E-state index is 10.4. The molecule has 0 aliphatic heterocycles. The molecule has 0 N–H and O–H groups in total. The topological polar surface area (TPSA) is 34.1 Å². The van der Waals surface area contributed by atoms with Gasteiger partial charge in [0.25, 0.3) is 0 Å². The fraction of sp³-hybridized carbons (Fsp3) is 1.00. The van der Waals surface area contributed by atoms with E-state index in [-0.39, 0.29) is 35.3 Å². The molecule has 0 aromatic rings. The van der Waals surface area contributed by atoms with E-state index in [1.807, 2.05) is 13.8 Å². The summed E-state index contributed by atoms with van der Waals surface area (Å²) in [6.45, 7) is 3.95. The summed E-state index contributed by atoms with van der Waals surface area (Å²) in [4.78, 5) is 0. The van der Waals surface area contributed by atoms with E-state index in [2.05, 4.69) is 11.7 Å². The third-order valence-electron chi connectivity index (χ3n) is 0.945. The Balaban J connectivity index is 0. The molecule has 0 aliphatic rings. The SMILES string of the molecule is CC(C)CCS(=O)(=O)[S-].[Na+]. The van der Waals surface area contributed by atoms with Gasteiger partial charge in [-0.2, -0.15) is 0 Å². The predicted molar refractivity (Wildman–Crippen MR) is 40.6 cm³/mol. The van der Waals surface area contributed by atoms with Gasteiger partial charge in [0.05, 0.1) is 0 Å². The molecule has 2 nitrogen and oxygen atoms in total. The molecular formula is C5H11NaO2S2. The zero-order valence-corrected chi connectivity index (χ0v) is 10.3. The van der Waals surface area contributed by atoms with Crippen molar-refractivity contribution in [1.29, 1.82) is 0 Å². The van der Waals surface area contributed by atoms with Crippen molar-refractivity contribution < 1.29 is 38.0 Å². The van der Waals surface area contributed by atoms with Gasteiger partial charge in [-0.25, -0.2) is 0 Å². The van der Waals surface area contributed by atoms with E-state index >= 15 is 0 Å². The first-order valence-corrected chi connectivity index (χ1v) is 5.43. The van der Waals surface area contributed by atoms with Crippen LogP contribution in [0, 0.1) is 5.92 Å². The predicted octanol–water partition coefficient (Wildman–Crippen LogP) is -2.09. The summed E-state index contributed by atoms with van der Waals surface area (Å²) in [5, 5.41) is 0. The maximum Gasteiger partial charge on any atom is 1.00 e. The molecular weight excluding hydrogens is 179 g/mol. The molecule has 0 aromatic heterocycles. The Bertz CT molecular complexity index is 162. The van der Waals surface area contributed by atoms with Gasteiger partial charge < -0.3 is 11.7 Å². The van der Waals surface area contributed by atoms with Crippen molar-refractivity contribution >= 4 is 20.5 Å². The summed E-state index contributed by atoms with van der Waals surface area (Å²) >= 11 is 4.18. The zero-order valence-electron chi connectivity index (χ0n) is 6.62. The Labute approximate surface area is 89.8 Å². The average Bonchev–Trinajstić information content (AvgIpc) is 1.59. The largest absolute Gasteiger partial charge is 1.00 e. The number of hydrogen-bond donors (Lipinski definition) is 0. The monoisotopic (exact) mass is 190 g/mol. The van der Waals surface area contributed by atoms with E-state index in [1.165, 1.54) is 0 Å². The second kappa shape index (κ2) is 5.89. The number of hydrogen-bond acceptors (Lipinski definition) is 3. The van der Waals surface area contributed by atoms with Crippen LogP contribution in [0.4, 0.5) is 0 Å². The Morgan fingerprint density at radius 3 is 1.90 bits per heavy atom. The molecule has 0 amide bonds. The molecule has 0 saturated heterocycles. The average molecular weight is 190 g/mol. The Kier molecular flexibility index (Phi) is 8.16. The van der Waals surface area contributed by atoms with Gasteiger partial charge in [0.15, 0.2) is 0 Å². The minimum absolute atomic E-state index is 0. The van der Waals surface area contributed by atoms with Crippen molar-refractivity contribution in [2.24, 2.45) is 5.92 Å². The summed E-state index contributed by atoms with van der Waals surface area (Å²) in [6, 6.07) is 0. The normalized spacial score (nSPS) is 11.2. The van der Waals surface area contributed by atoms with Crippen molar-refractivity contribution in [3.8, 4) is 0 Å². The van der Waals surface area contributed by atoms with Crippen molar-refractivity contribution in [1.82, 2.24) is 0 Å². The van der Waals surface area contributed by atoms with Gasteiger partial charge in [0.2, 0.25) is 0 Å². The van der Waals surface area contributed by atoms with E-state index in [0.29, 0.717) is 12.3 Å². The molecule has 0 unspecified atom stereocenters. The van der Waals surface area contributed by atoms with Crippen molar-refractivity contribution in [2.75, 3.05) is 5.75 Å². The van der Waals surface area contributed by atoms with Gasteiger partial charge in [-0.3, -0.25) is 8.42 Å². The van der Waals surface area contributed by atoms with Gasteiger partial charge in [-0.15, -0.1) is 0 Å². The second-order valence-corrected chi connectivity index (χ2v) is 5.49. The molecule has 0 fully saturated rings. The van der Waals surface area contributed by atoms with Crippen LogP contribution in [0.2, 0.25) is 0 Å². The van der Waals surface area contributed by atoms with Crippen molar-refractivity contribution in [3.63, 3.8) is 0 Å². The zero-order chi connectivity index (χ0) is 7.49. The van der Waals surface area contributed by atoms with Gasteiger partial charge >= 0.3 is 29.6 Å². The second-order valence-electron chi connectivity index (χ2n) is 2.44. The first kappa shape index (κ1) is 13.9. The molecule has 56 valence electrons. The van der Waals surface area contributed by atoms with Crippen LogP contribution in [0.15, 0.2) is 0 Å². The van der Waals surface area contributed by atoms with E-state index in [4.69, 9.17) is 0 Å². The Morgan fingerprint density at radius 1 is 1.40 bits per heavy atom. The first-order chi connectivity index (χ1) is 3.92. The van der Waals surface area contributed by atoms with Crippen LogP contribution in [-0.4, -0.2) is 14.2 Å². The fourth-order valence-corrected chi connectivity index (χ4v) is 1.43. The van der Waals surface area contributed by atoms with Crippen molar-refractivity contribution in [2.45, 2.75) is 20.3 Å². The van der Waals surface area contributed by atoms with E-state index < -0.39 is 8.87 Å². The van der Waals surface area contributed by atoms with Gasteiger partial charge in [-0.1, -0.05) is 13.8 Å². The summed E-state index contributed by atoms with van der Waals surface area (Å²) in [5.74, 6) is 0.558. The van der Waals surface area contributed by atoms with Gasteiger partial charge in [-0.05, 0) is 12.3 Å². The van der Waals surface area contributed by atoms with Crippen LogP contribution in [-0.2, 0) is 20.5 Å².